The van der Waals surface area contributed by atoms with Crippen molar-refractivity contribution in [2.75, 3.05) is 6.61 Å². The highest BCUT2D eigenvalue weighted by Crippen LogP contribution is 2.14. The van der Waals surface area contributed by atoms with Crippen molar-refractivity contribution in [3.05, 3.63) is 62.3 Å². The van der Waals surface area contributed by atoms with E-state index >= 15 is 0 Å². The topological polar surface area (TPSA) is 116 Å². The van der Waals surface area contributed by atoms with Gasteiger partial charge in [0.25, 0.3) is 0 Å². The summed E-state index contributed by atoms with van der Waals surface area (Å²) < 4.78 is 14.9. The summed E-state index contributed by atoms with van der Waals surface area (Å²) in [6, 6.07) is 0. The average Bonchev–Trinajstić information content (AvgIpc) is 2.62. The van der Waals surface area contributed by atoms with Crippen LogP contribution in [-0.2, 0) is 33.4 Å². The van der Waals surface area contributed by atoms with E-state index in [9.17, 15) is 24.3 Å². The third-order valence-corrected chi connectivity index (χ3v) is 2.78. The molecule has 0 aliphatic rings. The molecule has 8 nitrogen and oxygen atoms in total. The first-order valence-electron chi connectivity index (χ1n) is 7.29. The minimum Gasteiger partial charge on any atom is -0.478 e. The fourth-order valence-corrected chi connectivity index (χ4v) is 1.60. The molecule has 140 valence electrons. The van der Waals surface area contributed by atoms with Gasteiger partial charge >= 0.3 is 23.9 Å². The largest absolute Gasteiger partial charge is 0.478 e. The Balaban J connectivity index is 5.81. The number of esters is 3. The summed E-state index contributed by atoms with van der Waals surface area (Å²) in [4.78, 5) is 45.6. The van der Waals surface area contributed by atoms with E-state index in [0.29, 0.717) is 0 Å². The van der Waals surface area contributed by atoms with Gasteiger partial charge in [0.2, 0.25) is 0 Å². The molecule has 1 N–H and O–H groups in total. The maximum Gasteiger partial charge on any atom is 0.331 e. The Labute approximate surface area is 150 Å². The molecule has 0 saturated heterocycles. The van der Waals surface area contributed by atoms with Crippen LogP contribution in [0.15, 0.2) is 62.3 Å². The second-order valence-electron chi connectivity index (χ2n) is 4.61. The van der Waals surface area contributed by atoms with Crippen molar-refractivity contribution >= 4 is 23.9 Å². The Bertz CT molecular complexity index is 629. The van der Waals surface area contributed by atoms with Crippen LogP contribution in [0.25, 0.3) is 0 Å². The predicted molar refractivity (Wildman–Crippen MR) is 91.8 cm³/mol. The van der Waals surface area contributed by atoms with Crippen LogP contribution in [0.3, 0.4) is 0 Å². The van der Waals surface area contributed by atoms with Crippen LogP contribution in [-0.4, -0.2) is 47.8 Å². The highest BCUT2D eigenvalue weighted by molar-refractivity contribution is 5.87. The lowest BCUT2D eigenvalue weighted by molar-refractivity contribution is -0.165. The average molecular weight is 364 g/mol. The van der Waals surface area contributed by atoms with E-state index in [1.165, 1.54) is 6.08 Å². The van der Waals surface area contributed by atoms with E-state index in [2.05, 4.69) is 26.3 Å². The van der Waals surface area contributed by atoms with Gasteiger partial charge in [-0.05, 0) is 12.5 Å². The van der Waals surface area contributed by atoms with Gasteiger partial charge < -0.3 is 19.3 Å². The van der Waals surface area contributed by atoms with Crippen molar-refractivity contribution in [3.8, 4) is 0 Å². The van der Waals surface area contributed by atoms with Crippen LogP contribution < -0.4 is 0 Å². The van der Waals surface area contributed by atoms with E-state index < -0.39 is 42.7 Å². The van der Waals surface area contributed by atoms with Crippen LogP contribution >= 0.6 is 0 Å². The van der Waals surface area contributed by atoms with E-state index in [-0.39, 0.29) is 12.0 Å². The van der Waals surface area contributed by atoms with Gasteiger partial charge in [-0.15, -0.1) is 6.58 Å². The lowest BCUT2D eigenvalue weighted by atomic mass is 10.1. The molecule has 0 heterocycles. The molecule has 26 heavy (non-hydrogen) atoms. The maximum absolute atomic E-state index is 11.6. The molecule has 2 atom stereocenters. The van der Waals surface area contributed by atoms with E-state index in [1.807, 2.05) is 0 Å². The molecular formula is C18H20O8. The van der Waals surface area contributed by atoms with Gasteiger partial charge in [0.05, 0.1) is 0 Å². The molecule has 2 unspecified atom stereocenters. The van der Waals surface area contributed by atoms with Crippen LogP contribution in [0.1, 0.15) is 6.42 Å². The molecule has 0 fully saturated rings. The highest BCUT2D eigenvalue weighted by Gasteiger charge is 2.29. The molecular weight excluding hydrogens is 344 g/mol. The third-order valence-electron chi connectivity index (χ3n) is 2.78. The number of ether oxygens (including phenoxy) is 3. The number of carboxylic acids is 1. The second-order valence-corrected chi connectivity index (χ2v) is 4.61. The second kappa shape index (κ2) is 12.0. The molecule has 0 aromatic heterocycles. The minimum absolute atomic E-state index is 0.0496. The summed E-state index contributed by atoms with van der Waals surface area (Å²) in [7, 11) is 0. The van der Waals surface area contributed by atoms with Gasteiger partial charge in [-0.1, -0.05) is 25.8 Å². The van der Waals surface area contributed by atoms with Crippen molar-refractivity contribution in [3.63, 3.8) is 0 Å². The summed E-state index contributed by atoms with van der Waals surface area (Å²) in [5.74, 6) is -3.89. The molecule has 0 rings (SSSR count). The number of allylic oxidation sites excluding steroid dienone is 1. The van der Waals surface area contributed by atoms with Crippen molar-refractivity contribution in [2.45, 2.75) is 18.6 Å². The van der Waals surface area contributed by atoms with Gasteiger partial charge in [0.1, 0.15) is 6.61 Å². The number of carbonyl (C=O) groups excluding carboxylic acids is 3. The summed E-state index contributed by atoms with van der Waals surface area (Å²) >= 11 is 0. The Hall–Kier alpha value is -3.42. The van der Waals surface area contributed by atoms with Crippen molar-refractivity contribution in [1.82, 2.24) is 0 Å². The first-order valence-corrected chi connectivity index (χ1v) is 7.29. The van der Waals surface area contributed by atoms with Gasteiger partial charge in [0, 0.05) is 23.8 Å². The summed E-state index contributed by atoms with van der Waals surface area (Å²) in [6.07, 6.45) is 2.22. The smallest absolute Gasteiger partial charge is 0.331 e. The maximum atomic E-state index is 11.6. The predicted octanol–water partition coefficient (Wildman–Crippen LogP) is 1.50. The molecule has 0 aromatic carbocycles. The quantitative estimate of drug-likeness (QED) is 0.240. The number of aliphatic carboxylic acids is 1. The van der Waals surface area contributed by atoms with Gasteiger partial charge in [-0.25, -0.2) is 19.2 Å². The Morgan fingerprint density at radius 1 is 0.885 bits per heavy atom. The minimum atomic E-state index is -1.37. The fourth-order valence-electron chi connectivity index (χ4n) is 1.60. The van der Waals surface area contributed by atoms with Crippen molar-refractivity contribution in [2.24, 2.45) is 0 Å². The SMILES string of the molecule is C=CCC(=CC(OC(=O)C=C)C(COC(=O)C=C)OC(=O)C=C)C(=O)O. The molecule has 0 bridgehead atoms. The normalized spacial score (nSPS) is 12.7. The fraction of sp³-hybridized carbons (Fsp3) is 0.222. The zero-order valence-corrected chi connectivity index (χ0v) is 14.1. The molecule has 0 radical (unpaired) electrons. The third kappa shape index (κ3) is 8.44. The van der Waals surface area contributed by atoms with Crippen molar-refractivity contribution in [1.29, 1.82) is 0 Å². The number of hydrogen-bond donors (Lipinski definition) is 1. The van der Waals surface area contributed by atoms with E-state index in [4.69, 9.17) is 14.2 Å². The molecule has 0 aliphatic carbocycles. The summed E-state index contributed by atoms with van der Waals surface area (Å²) in [5.41, 5.74) is -0.170. The highest BCUT2D eigenvalue weighted by atomic mass is 16.6. The zero-order chi connectivity index (χ0) is 20.1. The summed E-state index contributed by atoms with van der Waals surface area (Å²) in [6.45, 7) is 12.6. The Kier molecular flexibility index (Phi) is 10.4. The molecule has 0 aromatic rings. The molecule has 0 saturated carbocycles. The lowest BCUT2D eigenvalue weighted by Gasteiger charge is -2.24. The van der Waals surface area contributed by atoms with Gasteiger partial charge in [-0.3, -0.25) is 0 Å². The zero-order valence-electron chi connectivity index (χ0n) is 14.1. The van der Waals surface area contributed by atoms with E-state index in [1.54, 1.807) is 0 Å². The molecule has 8 heteroatoms. The lowest BCUT2D eigenvalue weighted by Crippen LogP contribution is -2.38. The van der Waals surface area contributed by atoms with Crippen LogP contribution in [0.4, 0.5) is 0 Å². The van der Waals surface area contributed by atoms with Gasteiger partial charge in [0.15, 0.2) is 12.2 Å². The molecule has 0 amide bonds. The number of rotatable bonds is 12. The summed E-state index contributed by atoms with van der Waals surface area (Å²) in [5, 5.41) is 9.21. The molecule has 0 aliphatic heterocycles. The van der Waals surface area contributed by atoms with Crippen LogP contribution in [0.2, 0.25) is 0 Å². The first kappa shape index (κ1) is 22.6. The first-order chi connectivity index (χ1) is 12.3. The van der Waals surface area contributed by atoms with Crippen LogP contribution in [0, 0.1) is 0 Å². The van der Waals surface area contributed by atoms with Gasteiger partial charge in [-0.2, -0.15) is 0 Å². The molecule has 0 spiro atoms. The Morgan fingerprint density at radius 3 is 1.88 bits per heavy atom. The van der Waals surface area contributed by atoms with E-state index in [0.717, 1.165) is 24.3 Å². The van der Waals surface area contributed by atoms with Crippen LogP contribution in [0.5, 0.6) is 0 Å². The number of hydrogen-bond acceptors (Lipinski definition) is 7. The monoisotopic (exact) mass is 364 g/mol. The standard InChI is InChI=1S/C18H20O8/c1-5-9-12(18(22)23)10-13(25-16(20)7-3)14(26-17(21)8-4)11-24-15(19)6-2/h5-8,10,13-14H,1-4,9,11H2,(H,22,23). The number of carbonyl (C=O) groups is 4. The number of carboxylic acid groups (broad SMARTS) is 1. The van der Waals surface area contributed by atoms with Crippen molar-refractivity contribution < 1.29 is 38.5 Å². The Morgan fingerprint density at radius 2 is 1.42 bits per heavy atom.